The molecule has 1 heterocycles. The molecular weight excluding hydrogens is 527 g/mol. The number of aromatic nitrogens is 1. The van der Waals surface area contributed by atoms with Gasteiger partial charge in [-0.1, -0.05) is 39.3 Å². The summed E-state index contributed by atoms with van der Waals surface area (Å²) < 4.78 is 29.5. The molecule has 0 fully saturated rings. The molecule has 1 atom stereocenters. The summed E-state index contributed by atoms with van der Waals surface area (Å²) in [5, 5.41) is 11.5. The average molecular weight is 563 g/mol. The van der Waals surface area contributed by atoms with Gasteiger partial charge in [0.05, 0.1) is 31.9 Å². The van der Waals surface area contributed by atoms with Crippen LogP contribution in [0.3, 0.4) is 0 Å². The number of aliphatic hydroxyl groups is 1. The van der Waals surface area contributed by atoms with Crippen molar-refractivity contribution in [3.05, 3.63) is 70.6 Å². The third kappa shape index (κ3) is 8.94. The Morgan fingerprint density at radius 3 is 2.21 bits per heavy atom. The van der Waals surface area contributed by atoms with Crippen molar-refractivity contribution < 1.29 is 33.3 Å². The third-order valence-electron chi connectivity index (χ3n) is 5.04. The van der Waals surface area contributed by atoms with Gasteiger partial charge in [0.2, 0.25) is 5.78 Å². The van der Waals surface area contributed by atoms with E-state index in [1.807, 2.05) is 27.7 Å². The number of hydrogen-bond acceptors (Lipinski definition) is 7. The minimum Gasteiger partial charge on any atom is -0.494 e. The maximum Gasteiger partial charge on any atom is 0.252 e. The Morgan fingerprint density at radius 1 is 0.974 bits per heavy atom. The summed E-state index contributed by atoms with van der Waals surface area (Å²) in [6, 6.07) is 10.7. The number of rotatable bonds is 10. The second-order valence-electron chi connectivity index (χ2n) is 7.37. The number of nitrogens with one attached hydrogen (secondary N) is 1. The summed E-state index contributed by atoms with van der Waals surface area (Å²) in [6.45, 7) is 9.45. The molecule has 0 saturated heterocycles. The monoisotopic (exact) mass is 562 g/mol. The second kappa shape index (κ2) is 17.0. The third-order valence-corrected chi connectivity index (χ3v) is 5.33. The molecule has 1 amide bonds. The van der Waals surface area contributed by atoms with E-state index in [1.54, 1.807) is 12.1 Å². The molecule has 2 N–H and O–H groups in total. The molecule has 10 heteroatoms. The van der Waals surface area contributed by atoms with Crippen LogP contribution in [0, 0.1) is 5.82 Å². The van der Waals surface area contributed by atoms with E-state index in [0.29, 0.717) is 28.5 Å². The fraction of sp³-hybridized carbons (Fsp3) is 0.345. The van der Waals surface area contributed by atoms with Gasteiger partial charge in [0.25, 0.3) is 5.91 Å². The van der Waals surface area contributed by atoms with Crippen LogP contribution in [0.25, 0.3) is 11.3 Å². The van der Waals surface area contributed by atoms with Gasteiger partial charge in [-0.2, -0.15) is 0 Å². The molecule has 3 rings (SSSR count). The Labute approximate surface area is 234 Å². The number of amides is 1. The zero-order valence-electron chi connectivity index (χ0n) is 23.3. The highest BCUT2D eigenvalue weighted by molar-refractivity contribution is 6.31. The lowest BCUT2D eigenvalue weighted by Crippen LogP contribution is -2.38. The number of pyridine rings is 1. The predicted molar refractivity (Wildman–Crippen MR) is 151 cm³/mol. The van der Waals surface area contributed by atoms with Crippen molar-refractivity contribution in [2.45, 2.75) is 40.7 Å². The van der Waals surface area contributed by atoms with Crippen molar-refractivity contribution in [3.63, 3.8) is 0 Å². The van der Waals surface area contributed by atoms with Crippen LogP contribution in [0.1, 0.15) is 55.5 Å². The first-order valence-electron chi connectivity index (χ1n) is 12.6. The summed E-state index contributed by atoms with van der Waals surface area (Å²) >= 11 is 5.90. The number of nitrogens with zero attached hydrogens (tertiary/aromatic N) is 1. The number of methoxy groups -OCH3 is 2. The molecule has 212 valence electrons. The summed E-state index contributed by atoms with van der Waals surface area (Å²) in [5.74, 6) is -0.469. The Hall–Kier alpha value is -3.69. The molecule has 1 unspecified atom stereocenters. The van der Waals surface area contributed by atoms with E-state index in [4.69, 9.17) is 30.9 Å². The fourth-order valence-electron chi connectivity index (χ4n) is 3.25. The van der Waals surface area contributed by atoms with Crippen molar-refractivity contribution >= 4 is 23.3 Å². The first-order valence-corrected chi connectivity index (χ1v) is 12.9. The van der Waals surface area contributed by atoms with Gasteiger partial charge in [0.1, 0.15) is 29.6 Å². The van der Waals surface area contributed by atoms with Crippen molar-refractivity contribution in [3.8, 4) is 28.5 Å². The van der Waals surface area contributed by atoms with Crippen LogP contribution in [0.2, 0.25) is 5.02 Å². The minimum atomic E-state index is -0.913. The van der Waals surface area contributed by atoms with Crippen molar-refractivity contribution in [2.24, 2.45) is 0 Å². The van der Waals surface area contributed by atoms with E-state index in [9.17, 15) is 14.0 Å². The van der Waals surface area contributed by atoms with E-state index in [2.05, 4.69) is 10.3 Å². The van der Waals surface area contributed by atoms with Crippen LogP contribution in [-0.2, 0) is 0 Å². The molecule has 0 spiro atoms. The summed E-state index contributed by atoms with van der Waals surface area (Å²) in [6.07, 6.45) is 0. The van der Waals surface area contributed by atoms with Crippen LogP contribution in [-0.4, -0.2) is 55.3 Å². The number of benzene rings is 2. The van der Waals surface area contributed by atoms with Gasteiger partial charge in [-0.05, 0) is 55.5 Å². The van der Waals surface area contributed by atoms with E-state index in [-0.39, 0.29) is 29.5 Å². The van der Waals surface area contributed by atoms with Crippen LogP contribution in [0.4, 0.5) is 4.39 Å². The number of halogens is 2. The Morgan fingerprint density at radius 2 is 1.62 bits per heavy atom. The maximum absolute atomic E-state index is 13.6. The number of Topliss-reactive ketones (excluding diaryl/α,β-unsaturated/α-hetero) is 1. The Kier molecular flexibility index (Phi) is 14.5. The van der Waals surface area contributed by atoms with Crippen LogP contribution < -0.4 is 19.5 Å². The molecule has 0 saturated carbocycles. The van der Waals surface area contributed by atoms with Crippen LogP contribution in [0.15, 0.2) is 48.5 Å². The summed E-state index contributed by atoms with van der Waals surface area (Å²) in [5.41, 5.74) is 1.11. The van der Waals surface area contributed by atoms with E-state index >= 15 is 0 Å². The number of ketones is 1. The van der Waals surface area contributed by atoms with Gasteiger partial charge in [0, 0.05) is 11.1 Å². The van der Waals surface area contributed by atoms with E-state index in [1.165, 1.54) is 57.5 Å². The molecule has 0 aliphatic carbocycles. The predicted octanol–water partition coefficient (Wildman–Crippen LogP) is 5.98. The Balaban J connectivity index is 0.00000181. The minimum absolute atomic E-state index is 0.0778. The van der Waals surface area contributed by atoms with Crippen molar-refractivity contribution in [1.29, 1.82) is 0 Å². The Bertz CT molecular complexity index is 1240. The molecular formula is C29H36ClFN2O6. The van der Waals surface area contributed by atoms with Gasteiger partial charge >= 0.3 is 0 Å². The van der Waals surface area contributed by atoms with Gasteiger partial charge < -0.3 is 24.6 Å². The quantitative estimate of drug-likeness (QED) is 0.293. The van der Waals surface area contributed by atoms with Crippen molar-refractivity contribution in [1.82, 2.24) is 10.3 Å². The highest BCUT2D eigenvalue weighted by Gasteiger charge is 2.22. The topological polar surface area (TPSA) is 107 Å². The largest absolute Gasteiger partial charge is 0.494 e. The number of ether oxygens (including phenoxy) is 3. The standard InChI is InChI=1S/C25H24ClFN2O6.2C2H6/c1-14(28-25(32)16-5-8-20(35-11-10-30)22(13-16)34-3)24(31)19-7-9-21(33-2)23(29-19)15-4-6-18(27)17(26)12-15;2*1-2/h4-9,12-14,30H,10-11H2,1-3H3,(H,28,32);2*1-2H3. The molecule has 0 aliphatic rings. The van der Waals surface area contributed by atoms with Crippen LogP contribution >= 0.6 is 11.6 Å². The smallest absolute Gasteiger partial charge is 0.252 e. The fourth-order valence-corrected chi connectivity index (χ4v) is 3.43. The maximum atomic E-state index is 13.6. The SMILES string of the molecule is CC.CC.COc1cc(C(=O)NC(C)C(=O)c2ccc(OC)c(-c3ccc(F)c(Cl)c3)n2)ccc1OCCO. The van der Waals surface area contributed by atoms with Crippen molar-refractivity contribution in [2.75, 3.05) is 27.4 Å². The molecule has 2 aromatic carbocycles. The first-order chi connectivity index (χ1) is 18.8. The lowest BCUT2D eigenvalue weighted by molar-refractivity contribution is 0.0863. The summed E-state index contributed by atoms with van der Waals surface area (Å²) in [4.78, 5) is 30.2. The lowest BCUT2D eigenvalue weighted by Gasteiger charge is -2.16. The second-order valence-corrected chi connectivity index (χ2v) is 7.78. The normalized spacial score (nSPS) is 10.6. The molecule has 39 heavy (non-hydrogen) atoms. The summed E-state index contributed by atoms with van der Waals surface area (Å²) in [7, 11) is 2.88. The molecule has 8 nitrogen and oxygen atoms in total. The van der Waals surface area contributed by atoms with Gasteiger partial charge in [-0.25, -0.2) is 9.37 Å². The average Bonchev–Trinajstić information content (AvgIpc) is 2.98. The zero-order valence-corrected chi connectivity index (χ0v) is 24.1. The number of carbonyl (C=O) groups is 2. The van der Waals surface area contributed by atoms with Gasteiger partial charge in [-0.3, -0.25) is 9.59 Å². The number of hydrogen-bond donors (Lipinski definition) is 2. The molecule has 0 bridgehead atoms. The molecule has 3 aromatic rings. The molecule has 0 aliphatic heterocycles. The van der Waals surface area contributed by atoms with Crippen LogP contribution in [0.5, 0.6) is 17.2 Å². The highest BCUT2D eigenvalue weighted by atomic mass is 35.5. The molecule has 0 radical (unpaired) electrons. The number of carbonyl (C=O) groups excluding carboxylic acids is 2. The first kappa shape index (κ1) is 33.3. The van der Waals surface area contributed by atoms with E-state index < -0.39 is 23.5 Å². The highest BCUT2D eigenvalue weighted by Crippen LogP contribution is 2.31. The molecule has 1 aromatic heterocycles. The van der Waals surface area contributed by atoms with Gasteiger partial charge in [-0.15, -0.1) is 0 Å². The van der Waals surface area contributed by atoms with E-state index in [0.717, 1.165) is 0 Å². The lowest BCUT2D eigenvalue weighted by atomic mass is 10.1. The number of aliphatic hydroxyl groups excluding tert-OH is 1. The van der Waals surface area contributed by atoms with Gasteiger partial charge in [0.15, 0.2) is 11.5 Å². The zero-order chi connectivity index (χ0) is 29.5.